The van der Waals surface area contributed by atoms with E-state index in [2.05, 4.69) is 5.16 Å². The molecule has 0 saturated carbocycles. The summed E-state index contributed by atoms with van der Waals surface area (Å²) >= 11 is 0. The lowest BCUT2D eigenvalue weighted by Gasteiger charge is -2.00. The number of nitrogens with zero attached hydrogens (tertiary/aromatic N) is 1. The van der Waals surface area contributed by atoms with Crippen LogP contribution in [0.1, 0.15) is 11.1 Å². The van der Waals surface area contributed by atoms with Crippen LogP contribution in [0.25, 0.3) is 6.08 Å². The summed E-state index contributed by atoms with van der Waals surface area (Å²) in [7, 11) is 0. The topological polar surface area (TPSA) is 38.7 Å². The third-order valence-electron chi connectivity index (χ3n) is 2.85. The first-order valence-electron chi connectivity index (χ1n) is 5.96. The molecule has 19 heavy (non-hydrogen) atoms. The lowest BCUT2D eigenvalue weighted by Crippen LogP contribution is -2.06. The average molecular weight is 249 g/mol. The molecule has 3 heteroatoms. The molecule has 3 rings (SSSR count). The molecule has 1 heterocycles. The maximum absolute atomic E-state index is 11.8. The van der Waals surface area contributed by atoms with Crippen molar-refractivity contribution >= 4 is 17.8 Å². The second-order valence-corrected chi connectivity index (χ2v) is 4.15. The van der Waals surface area contributed by atoms with Crippen LogP contribution < -0.4 is 0 Å². The second-order valence-electron chi connectivity index (χ2n) is 4.15. The van der Waals surface area contributed by atoms with Gasteiger partial charge in [-0.2, -0.15) is 0 Å². The fraction of sp³-hybridized carbons (Fsp3) is 0. The van der Waals surface area contributed by atoms with Crippen molar-refractivity contribution in [1.82, 2.24) is 0 Å². The van der Waals surface area contributed by atoms with E-state index in [0.717, 1.165) is 11.1 Å². The molecular formula is C16H11NO2. The number of carbonyl (C=O) groups excluding carboxylic acids is 1. The van der Waals surface area contributed by atoms with Crippen molar-refractivity contribution in [2.75, 3.05) is 0 Å². The Kier molecular flexibility index (Phi) is 2.94. The fourth-order valence-electron chi connectivity index (χ4n) is 1.93. The predicted molar refractivity (Wildman–Crippen MR) is 73.5 cm³/mol. The molecule has 3 nitrogen and oxygen atoms in total. The lowest BCUT2D eigenvalue weighted by molar-refractivity contribution is -0.136. The van der Waals surface area contributed by atoms with Crippen molar-refractivity contribution in [3.05, 3.63) is 77.4 Å². The highest BCUT2D eigenvalue weighted by Crippen LogP contribution is 2.20. The minimum absolute atomic E-state index is 0.414. The van der Waals surface area contributed by atoms with Gasteiger partial charge in [0, 0.05) is 5.56 Å². The molecule has 0 aliphatic carbocycles. The average Bonchev–Trinajstić information content (AvgIpc) is 2.82. The van der Waals surface area contributed by atoms with Crippen molar-refractivity contribution in [2.24, 2.45) is 5.16 Å². The quantitative estimate of drug-likeness (QED) is 0.606. The van der Waals surface area contributed by atoms with Crippen molar-refractivity contribution in [3.63, 3.8) is 0 Å². The molecule has 1 aliphatic rings. The van der Waals surface area contributed by atoms with Gasteiger partial charge in [-0.15, -0.1) is 0 Å². The molecule has 0 saturated heterocycles. The summed E-state index contributed by atoms with van der Waals surface area (Å²) in [4.78, 5) is 16.5. The molecule has 0 aromatic heterocycles. The Labute approximate surface area is 110 Å². The van der Waals surface area contributed by atoms with Crippen molar-refractivity contribution in [3.8, 4) is 0 Å². The molecule has 0 N–H and O–H groups in total. The van der Waals surface area contributed by atoms with E-state index in [4.69, 9.17) is 4.84 Å². The van der Waals surface area contributed by atoms with Gasteiger partial charge >= 0.3 is 5.97 Å². The Morgan fingerprint density at radius 1 is 0.895 bits per heavy atom. The number of hydrogen-bond donors (Lipinski definition) is 0. The first-order chi connectivity index (χ1) is 9.34. The van der Waals surface area contributed by atoms with Gasteiger partial charge in [0.15, 0.2) is 0 Å². The second kappa shape index (κ2) is 4.90. The van der Waals surface area contributed by atoms with Gasteiger partial charge in [-0.3, -0.25) is 0 Å². The summed E-state index contributed by atoms with van der Waals surface area (Å²) in [6.45, 7) is 0. The van der Waals surface area contributed by atoms with Crippen LogP contribution in [-0.2, 0) is 9.63 Å². The standard InChI is InChI=1S/C16H11NO2/c18-16-14(11-12-7-3-1-4-8-12)15(17-19-16)13-9-5-2-6-10-13/h1-11H. The molecule has 0 spiro atoms. The van der Waals surface area contributed by atoms with E-state index < -0.39 is 5.97 Å². The Balaban J connectivity index is 2.02. The number of rotatable bonds is 2. The summed E-state index contributed by atoms with van der Waals surface area (Å²) in [6, 6.07) is 19.2. The zero-order valence-corrected chi connectivity index (χ0v) is 10.1. The Morgan fingerprint density at radius 3 is 2.21 bits per heavy atom. The maximum Gasteiger partial charge on any atom is 0.368 e. The summed E-state index contributed by atoms with van der Waals surface area (Å²) in [5.74, 6) is -0.414. The number of carbonyl (C=O) groups is 1. The minimum atomic E-state index is -0.414. The fourth-order valence-corrected chi connectivity index (χ4v) is 1.93. The molecule has 0 bridgehead atoms. The first kappa shape index (κ1) is 11.4. The third-order valence-corrected chi connectivity index (χ3v) is 2.85. The third kappa shape index (κ3) is 2.31. The van der Waals surface area contributed by atoms with Gasteiger partial charge in [0.1, 0.15) is 5.71 Å². The largest absolute Gasteiger partial charge is 0.368 e. The monoisotopic (exact) mass is 249 g/mol. The highest BCUT2D eigenvalue weighted by molar-refractivity contribution is 6.31. The smallest absolute Gasteiger partial charge is 0.312 e. The highest BCUT2D eigenvalue weighted by Gasteiger charge is 2.26. The molecule has 0 amide bonds. The summed E-state index contributed by atoms with van der Waals surface area (Å²) in [5, 5.41) is 3.86. The lowest BCUT2D eigenvalue weighted by atomic mass is 10.0. The minimum Gasteiger partial charge on any atom is -0.312 e. The highest BCUT2D eigenvalue weighted by atomic mass is 16.7. The van der Waals surface area contributed by atoms with Crippen molar-refractivity contribution in [2.45, 2.75) is 0 Å². The van der Waals surface area contributed by atoms with Gasteiger partial charge in [0.2, 0.25) is 0 Å². The predicted octanol–water partition coefficient (Wildman–Crippen LogP) is 3.03. The van der Waals surface area contributed by atoms with Gasteiger partial charge in [-0.25, -0.2) is 4.79 Å². The summed E-state index contributed by atoms with van der Waals surface area (Å²) < 4.78 is 0. The first-order valence-corrected chi connectivity index (χ1v) is 5.96. The molecular weight excluding hydrogens is 238 g/mol. The molecule has 1 aliphatic heterocycles. The van der Waals surface area contributed by atoms with Crippen LogP contribution in [0.5, 0.6) is 0 Å². The SMILES string of the molecule is O=C1ON=C(c2ccccc2)C1=Cc1ccccc1. The summed E-state index contributed by atoms with van der Waals surface area (Å²) in [5.41, 5.74) is 2.88. The van der Waals surface area contributed by atoms with Crippen LogP contribution in [-0.4, -0.2) is 11.7 Å². The normalized spacial score (nSPS) is 16.3. The van der Waals surface area contributed by atoms with Crippen molar-refractivity contribution < 1.29 is 9.63 Å². The van der Waals surface area contributed by atoms with Crippen LogP contribution in [0.4, 0.5) is 0 Å². The molecule has 0 radical (unpaired) electrons. The molecule has 2 aromatic rings. The number of oxime groups is 1. The van der Waals surface area contributed by atoms with Crippen molar-refractivity contribution in [1.29, 1.82) is 0 Å². The van der Waals surface area contributed by atoms with Crippen LogP contribution in [0.3, 0.4) is 0 Å². The van der Waals surface area contributed by atoms with Gasteiger partial charge in [0.05, 0.1) is 5.57 Å². The van der Waals surface area contributed by atoms with E-state index in [-0.39, 0.29) is 0 Å². The maximum atomic E-state index is 11.8. The van der Waals surface area contributed by atoms with E-state index in [1.165, 1.54) is 0 Å². The Morgan fingerprint density at radius 2 is 1.53 bits per heavy atom. The van der Waals surface area contributed by atoms with E-state index in [1.54, 1.807) is 6.08 Å². The van der Waals surface area contributed by atoms with E-state index in [9.17, 15) is 4.79 Å². The van der Waals surface area contributed by atoms with Gasteiger partial charge in [-0.05, 0) is 11.6 Å². The van der Waals surface area contributed by atoms with Gasteiger partial charge in [-0.1, -0.05) is 65.8 Å². The molecule has 0 fully saturated rings. The Bertz CT molecular complexity index is 658. The number of benzene rings is 2. The van der Waals surface area contributed by atoms with E-state index in [1.807, 2.05) is 60.7 Å². The molecule has 0 unspecified atom stereocenters. The van der Waals surface area contributed by atoms with Gasteiger partial charge in [0.25, 0.3) is 0 Å². The number of hydrogen-bond acceptors (Lipinski definition) is 3. The zero-order chi connectivity index (χ0) is 13.1. The molecule has 2 aromatic carbocycles. The van der Waals surface area contributed by atoms with Gasteiger partial charge < -0.3 is 4.84 Å². The zero-order valence-electron chi connectivity index (χ0n) is 10.1. The van der Waals surface area contributed by atoms with E-state index >= 15 is 0 Å². The van der Waals surface area contributed by atoms with Crippen LogP contribution >= 0.6 is 0 Å². The molecule has 0 atom stereocenters. The molecule has 92 valence electrons. The van der Waals surface area contributed by atoms with Crippen LogP contribution in [0.2, 0.25) is 0 Å². The van der Waals surface area contributed by atoms with E-state index in [0.29, 0.717) is 11.3 Å². The van der Waals surface area contributed by atoms with Crippen LogP contribution in [0, 0.1) is 0 Å². The van der Waals surface area contributed by atoms with Crippen LogP contribution in [0.15, 0.2) is 71.4 Å². The summed E-state index contributed by atoms with van der Waals surface area (Å²) in [6.07, 6.45) is 1.79. The Hall–Kier alpha value is -2.68.